The average molecular weight is 365 g/mol. The molecule has 3 rings (SSSR count). The van der Waals surface area contributed by atoms with Gasteiger partial charge >= 0.3 is 0 Å². The summed E-state index contributed by atoms with van der Waals surface area (Å²) in [6, 6.07) is 12.2. The Bertz CT molecular complexity index is 901. The fraction of sp³-hybridized carbons (Fsp3) is 0.158. The Balaban J connectivity index is 1.64. The van der Waals surface area contributed by atoms with Gasteiger partial charge in [-0.2, -0.15) is 0 Å². The molecule has 0 saturated heterocycles. The van der Waals surface area contributed by atoms with Gasteiger partial charge in [-0.3, -0.25) is 9.78 Å². The number of benzene rings is 1. The Morgan fingerprint density at radius 3 is 2.48 bits per heavy atom. The summed E-state index contributed by atoms with van der Waals surface area (Å²) < 4.78 is 10.4. The minimum Gasteiger partial charge on any atom is -0.497 e. The number of nitrogens with one attached hydrogen (secondary N) is 2. The van der Waals surface area contributed by atoms with Gasteiger partial charge in [0.1, 0.15) is 17.3 Å². The minimum atomic E-state index is -0.383. The molecule has 1 aromatic carbocycles. The molecule has 2 heterocycles. The first-order chi connectivity index (χ1) is 13.2. The van der Waals surface area contributed by atoms with Crippen molar-refractivity contribution in [2.24, 2.45) is 0 Å². The highest BCUT2D eigenvalue weighted by atomic mass is 16.5. The van der Waals surface area contributed by atoms with E-state index in [9.17, 15) is 4.79 Å². The molecule has 0 atom stereocenters. The maximum Gasteiger partial charge on any atom is 0.276 e. The molecule has 0 fully saturated rings. The van der Waals surface area contributed by atoms with Gasteiger partial charge in [-0.1, -0.05) is 0 Å². The summed E-state index contributed by atoms with van der Waals surface area (Å²) in [7, 11) is 3.08. The van der Waals surface area contributed by atoms with Crippen molar-refractivity contribution in [1.29, 1.82) is 0 Å². The van der Waals surface area contributed by atoms with E-state index in [0.717, 1.165) is 5.56 Å². The normalized spacial score (nSPS) is 10.1. The largest absolute Gasteiger partial charge is 0.497 e. The minimum absolute atomic E-state index is 0.197. The lowest BCUT2D eigenvalue weighted by molar-refractivity contribution is 0.102. The number of aromatic nitrogens is 3. The first-order valence-corrected chi connectivity index (χ1v) is 8.19. The topological polar surface area (TPSA) is 98.3 Å². The van der Waals surface area contributed by atoms with Gasteiger partial charge in [-0.15, -0.1) is 10.2 Å². The van der Waals surface area contributed by atoms with Crippen LogP contribution in [0.1, 0.15) is 16.1 Å². The van der Waals surface area contributed by atoms with Crippen molar-refractivity contribution in [3.63, 3.8) is 0 Å². The van der Waals surface area contributed by atoms with Crippen LogP contribution in [-0.2, 0) is 6.54 Å². The third-order valence-electron chi connectivity index (χ3n) is 3.78. The number of ether oxygens (including phenoxy) is 2. The molecule has 3 aromatic rings. The number of carbonyl (C=O) groups excluding carboxylic acids is 1. The van der Waals surface area contributed by atoms with Gasteiger partial charge in [0.2, 0.25) is 0 Å². The van der Waals surface area contributed by atoms with Gasteiger partial charge in [0, 0.05) is 25.0 Å². The molecule has 0 bridgehead atoms. The number of anilines is 2. The monoisotopic (exact) mass is 365 g/mol. The van der Waals surface area contributed by atoms with Gasteiger partial charge in [0.25, 0.3) is 5.91 Å². The van der Waals surface area contributed by atoms with E-state index in [2.05, 4.69) is 25.8 Å². The lowest BCUT2D eigenvalue weighted by atomic mass is 10.2. The van der Waals surface area contributed by atoms with Crippen molar-refractivity contribution >= 4 is 17.4 Å². The van der Waals surface area contributed by atoms with Gasteiger partial charge in [0.15, 0.2) is 5.69 Å². The Kier molecular flexibility index (Phi) is 5.78. The molecule has 2 N–H and O–H groups in total. The van der Waals surface area contributed by atoms with Crippen molar-refractivity contribution in [3.8, 4) is 11.5 Å². The molecule has 8 heteroatoms. The zero-order valence-electron chi connectivity index (χ0n) is 15.0. The number of amides is 1. The first kappa shape index (κ1) is 18.1. The number of methoxy groups -OCH3 is 2. The summed E-state index contributed by atoms with van der Waals surface area (Å²) in [5.41, 5.74) is 1.78. The lowest BCUT2D eigenvalue weighted by Gasteiger charge is -2.11. The van der Waals surface area contributed by atoms with Crippen LogP contribution >= 0.6 is 0 Å². The highest BCUT2D eigenvalue weighted by molar-refractivity contribution is 6.03. The van der Waals surface area contributed by atoms with E-state index in [0.29, 0.717) is 29.5 Å². The zero-order chi connectivity index (χ0) is 19.1. The zero-order valence-corrected chi connectivity index (χ0v) is 15.0. The van der Waals surface area contributed by atoms with Crippen LogP contribution < -0.4 is 20.1 Å². The molecular formula is C19H19N5O3. The lowest BCUT2D eigenvalue weighted by Crippen LogP contribution is -2.15. The fourth-order valence-corrected chi connectivity index (χ4v) is 2.33. The smallest absolute Gasteiger partial charge is 0.276 e. The number of nitrogens with zero attached hydrogens (tertiary/aromatic N) is 3. The second-order valence-corrected chi connectivity index (χ2v) is 5.53. The van der Waals surface area contributed by atoms with Gasteiger partial charge in [-0.05, 0) is 42.0 Å². The predicted molar refractivity (Wildman–Crippen MR) is 101 cm³/mol. The molecule has 0 unspecified atom stereocenters. The molecule has 138 valence electrons. The van der Waals surface area contributed by atoms with Crippen LogP contribution in [0.25, 0.3) is 0 Å². The van der Waals surface area contributed by atoms with Crippen LogP contribution in [0.2, 0.25) is 0 Å². The van der Waals surface area contributed by atoms with Gasteiger partial charge < -0.3 is 20.1 Å². The molecule has 0 spiro atoms. The molecule has 8 nitrogen and oxygen atoms in total. The molecule has 0 aliphatic heterocycles. The van der Waals surface area contributed by atoms with Gasteiger partial charge in [-0.25, -0.2) is 0 Å². The van der Waals surface area contributed by atoms with Crippen LogP contribution in [-0.4, -0.2) is 35.3 Å². The van der Waals surface area contributed by atoms with Crippen molar-refractivity contribution in [2.75, 3.05) is 24.9 Å². The highest BCUT2D eigenvalue weighted by Gasteiger charge is 2.12. The van der Waals surface area contributed by atoms with E-state index in [4.69, 9.17) is 9.47 Å². The van der Waals surface area contributed by atoms with Crippen molar-refractivity contribution in [3.05, 3.63) is 66.1 Å². The van der Waals surface area contributed by atoms with Crippen molar-refractivity contribution in [1.82, 2.24) is 15.2 Å². The Hall–Kier alpha value is -3.68. The van der Waals surface area contributed by atoms with Crippen LogP contribution in [0, 0.1) is 0 Å². The number of rotatable bonds is 7. The standard InChI is InChI=1S/C19H19N5O3/c1-26-14-3-4-15(17(11-14)27-2)22-19(25)16-5-6-18(24-23-16)21-12-13-7-9-20-10-8-13/h3-11H,12H2,1-2H3,(H,21,24)(H,22,25). The molecular weight excluding hydrogens is 346 g/mol. The van der Waals surface area contributed by atoms with Gasteiger partial charge in [0.05, 0.1) is 19.9 Å². The molecule has 0 radical (unpaired) electrons. The maximum absolute atomic E-state index is 12.4. The number of hydrogen-bond donors (Lipinski definition) is 2. The SMILES string of the molecule is COc1ccc(NC(=O)c2ccc(NCc3ccncc3)nn2)c(OC)c1. The summed E-state index contributed by atoms with van der Waals surface area (Å²) >= 11 is 0. The van der Waals surface area contributed by atoms with Crippen molar-refractivity contribution < 1.29 is 14.3 Å². The van der Waals surface area contributed by atoms with Crippen molar-refractivity contribution in [2.45, 2.75) is 6.54 Å². The second kappa shape index (κ2) is 8.61. The third kappa shape index (κ3) is 4.69. The van der Waals surface area contributed by atoms with E-state index in [1.807, 2.05) is 12.1 Å². The van der Waals surface area contributed by atoms with E-state index < -0.39 is 0 Å². The van der Waals surface area contributed by atoms with E-state index in [1.165, 1.54) is 7.11 Å². The quantitative estimate of drug-likeness (QED) is 0.664. The second-order valence-electron chi connectivity index (χ2n) is 5.53. The predicted octanol–water partition coefficient (Wildman–Crippen LogP) is 2.75. The average Bonchev–Trinajstić information content (AvgIpc) is 2.73. The Morgan fingerprint density at radius 1 is 1.00 bits per heavy atom. The summed E-state index contributed by atoms with van der Waals surface area (Å²) in [5.74, 6) is 1.32. The summed E-state index contributed by atoms with van der Waals surface area (Å²) in [6.07, 6.45) is 3.45. The molecule has 0 saturated carbocycles. The van der Waals surface area contributed by atoms with E-state index >= 15 is 0 Å². The number of pyridine rings is 1. The van der Waals surface area contributed by atoms with E-state index in [-0.39, 0.29) is 11.6 Å². The molecule has 0 aliphatic carbocycles. The summed E-state index contributed by atoms with van der Waals surface area (Å²) in [6.45, 7) is 0.589. The molecule has 1 amide bonds. The molecule has 2 aromatic heterocycles. The molecule has 27 heavy (non-hydrogen) atoms. The van der Waals surface area contributed by atoms with Crippen LogP contribution in [0.15, 0.2) is 54.9 Å². The van der Waals surface area contributed by atoms with Crippen LogP contribution in [0.5, 0.6) is 11.5 Å². The Labute approximate surface area is 156 Å². The third-order valence-corrected chi connectivity index (χ3v) is 3.78. The fourth-order valence-electron chi connectivity index (χ4n) is 2.33. The molecule has 0 aliphatic rings. The highest BCUT2D eigenvalue weighted by Crippen LogP contribution is 2.29. The number of carbonyl (C=O) groups is 1. The van der Waals surface area contributed by atoms with Crippen LogP contribution in [0.4, 0.5) is 11.5 Å². The maximum atomic E-state index is 12.4. The van der Waals surface area contributed by atoms with E-state index in [1.54, 1.807) is 49.8 Å². The first-order valence-electron chi connectivity index (χ1n) is 8.19. The van der Waals surface area contributed by atoms with Crippen LogP contribution in [0.3, 0.4) is 0 Å². The summed E-state index contributed by atoms with van der Waals surface area (Å²) in [5, 5.41) is 13.9. The summed E-state index contributed by atoms with van der Waals surface area (Å²) in [4.78, 5) is 16.4. The number of hydrogen-bond acceptors (Lipinski definition) is 7. The Morgan fingerprint density at radius 2 is 1.81 bits per heavy atom.